The van der Waals surface area contributed by atoms with Crippen molar-refractivity contribution < 1.29 is 9.90 Å². The van der Waals surface area contributed by atoms with Crippen LogP contribution in [0.4, 0.5) is 0 Å². The largest absolute Gasteiger partial charge is 0.476 e. The number of nitrogens with zero attached hydrogens (tertiary/aromatic N) is 4. The fourth-order valence-electron chi connectivity index (χ4n) is 3.71. The van der Waals surface area contributed by atoms with Crippen molar-refractivity contribution in [3.8, 4) is 0 Å². The molecule has 2 heterocycles. The van der Waals surface area contributed by atoms with Gasteiger partial charge in [-0.3, -0.25) is 4.90 Å². The Morgan fingerprint density at radius 1 is 1.20 bits per heavy atom. The van der Waals surface area contributed by atoms with Crippen LogP contribution >= 0.6 is 0 Å². The Labute approximate surface area is 118 Å². The summed E-state index contributed by atoms with van der Waals surface area (Å²) < 4.78 is 1.70. The first-order chi connectivity index (χ1) is 9.52. The van der Waals surface area contributed by atoms with Gasteiger partial charge in [-0.2, -0.15) is 0 Å². The van der Waals surface area contributed by atoms with Crippen LogP contribution in [0.1, 0.15) is 49.6 Å². The Kier molecular flexibility index (Phi) is 3.50. The Balaban J connectivity index is 1.56. The summed E-state index contributed by atoms with van der Waals surface area (Å²) in [6.45, 7) is 6.62. The van der Waals surface area contributed by atoms with Crippen molar-refractivity contribution in [2.24, 2.45) is 11.8 Å². The van der Waals surface area contributed by atoms with Crippen molar-refractivity contribution in [3.05, 3.63) is 11.9 Å². The molecule has 1 saturated carbocycles. The number of carbonyl (C=O) groups is 1. The predicted molar refractivity (Wildman–Crippen MR) is 73.6 cm³/mol. The van der Waals surface area contributed by atoms with Crippen LogP contribution in [-0.4, -0.2) is 50.1 Å². The van der Waals surface area contributed by atoms with E-state index in [4.69, 9.17) is 5.11 Å². The third-order valence-corrected chi connectivity index (χ3v) is 4.66. The second-order valence-electron chi connectivity index (χ2n) is 6.57. The van der Waals surface area contributed by atoms with Crippen LogP contribution in [0.2, 0.25) is 0 Å². The maximum atomic E-state index is 10.8. The average Bonchev–Trinajstić information content (AvgIpc) is 2.75. The Morgan fingerprint density at radius 2 is 1.85 bits per heavy atom. The molecule has 1 saturated heterocycles. The van der Waals surface area contributed by atoms with Gasteiger partial charge in [0.1, 0.15) is 0 Å². The Hall–Kier alpha value is -1.43. The minimum atomic E-state index is -1.01. The van der Waals surface area contributed by atoms with E-state index in [2.05, 4.69) is 29.1 Å². The van der Waals surface area contributed by atoms with Gasteiger partial charge in [0.2, 0.25) is 0 Å². The van der Waals surface area contributed by atoms with E-state index in [-0.39, 0.29) is 11.7 Å². The van der Waals surface area contributed by atoms with Gasteiger partial charge in [0.25, 0.3) is 0 Å². The SMILES string of the molecule is CC1CC(C)CC(N2CC(n3cc(C(=O)O)nn3)C2)C1. The van der Waals surface area contributed by atoms with Crippen molar-refractivity contribution in [1.82, 2.24) is 19.9 Å². The fraction of sp³-hybridized carbons (Fsp3) is 0.786. The lowest BCUT2D eigenvalue weighted by molar-refractivity contribution is 0.0154. The van der Waals surface area contributed by atoms with Crippen LogP contribution in [0.15, 0.2) is 6.20 Å². The van der Waals surface area contributed by atoms with Crippen LogP contribution in [-0.2, 0) is 0 Å². The van der Waals surface area contributed by atoms with Gasteiger partial charge >= 0.3 is 5.97 Å². The Bertz CT molecular complexity index is 485. The smallest absolute Gasteiger partial charge is 0.358 e. The quantitative estimate of drug-likeness (QED) is 0.910. The van der Waals surface area contributed by atoms with Crippen LogP contribution in [0.5, 0.6) is 0 Å². The number of hydrogen-bond acceptors (Lipinski definition) is 4. The first kappa shape index (κ1) is 13.5. The highest BCUT2D eigenvalue weighted by molar-refractivity contribution is 5.84. The third kappa shape index (κ3) is 2.57. The maximum absolute atomic E-state index is 10.8. The average molecular weight is 278 g/mol. The zero-order valence-corrected chi connectivity index (χ0v) is 12.1. The molecule has 2 unspecified atom stereocenters. The second-order valence-corrected chi connectivity index (χ2v) is 6.57. The van der Waals surface area contributed by atoms with Gasteiger partial charge in [-0.1, -0.05) is 19.1 Å². The standard InChI is InChI=1S/C14H22N4O2/c1-9-3-10(2)5-11(4-9)17-6-12(7-17)18-8-13(14(19)20)15-16-18/h8-12H,3-7H2,1-2H3,(H,19,20). The van der Waals surface area contributed by atoms with E-state index in [0.29, 0.717) is 6.04 Å². The first-order valence-electron chi connectivity index (χ1n) is 7.42. The molecule has 6 nitrogen and oxygen atoms in total. The highest BCUT2D eigenvalue weighted by Crippen LogP contribution is 2.35. The minimum Gasteiger partial charge on any atom is -0.476 e. The van der Waals surface area contributed by atoms with Crippen molar-refractivity contribution in [2.75, 3.05) is 13.1 Å². The van der Waals surface area contributed by atoms with Crippen molar-refractivity contribution >= 4 is 5.97 Å². The van der Waals surface area contributed by atoms with E-state index >= 15 is 0 Å². The molecule has 1 aliphatic carbocycles. The molecule has 3 rings (SSSR count). The van der Waals surface area contributed by atoms with E-state index in [9.17, 15) is 4.79 Å². The zero-order valence-electron chi connectivity index (χ0n) is 12.1. The van der Waals surface area contributed by atoms with E-state index in [1.165, 1.54) is 25.5 Å². The molecule has 0 bridgehead atoms. The monoisotopic (exact) mass is 278 g/mol. The molecule has 0 radical (unpaired) electrons. The predicted octanol–water partition coefficient (Wildman–Crippen LogP) is 1.66. The summed E-state index contributed by atoms with van der Waals surface area (Å²) in [7, 11) is 0. The van der Waals surface area contributed by atoms with Crippen molar-refractivity contribution in [2.45, 2.75) is 45.2 Å². The highest BCUT2D eigenvalue weighted by Gasteiger charge is 2.37. The van der Waals surface area contributed by atoms with Gasteiger partial charge in [-0.25, -0.2) is 9.48 Å². The molecule has 110 valence electrons. The van der Waals surface area contributed by atoms with E-state index in [1.807, 2.05) is 0 Å². The molecular formula is C14H22N4O2. The Morgan fingerprint density at radius 3 is 2.40 bits per heavy atom. The van der Waals surface area contributed by atoms with Gasteiger partial charge in [-0.05, 0) is 31.1 Å². The van der Waals surface area contributed by atoms with Gasteiger partial charge < -0.3 is 5.11 Å². The van der Waals surface area contributed by atoms with Crippen LogP contribution < -0.4 is 0 Å². The lowest BCUT2D eigenvalue weighted by Gasteiger charge is -2.47. The molecule has 20 heavy (non-hydrogen) atoms. The number of carboxylic acid groups (broad SMARTS) is 1. The summed E-state index contributed by atoms with van der Waals surface area (Å²) in [5, 5.41) is 16.5. The molecule has 0 amide bonds. The molecule has 2 aliphatic rings. The van der Waals surface area contributed by atoms with Crippen molar-refractivity contribution in [3.63, 3.8) is 0 Å². The lowest BCUT2D eigenvalue weighted by Crippen LogP contribution is -2.54. The van der Waals surface area contributed by atoms with Gasteiger partial charge in [0, 0.05) is 19.1 Å². The molecule has 0 spiro atoms. The molecule has 1 N–H and O–H groups in total. The summed E-state index contributed by atoms with van der Waals surface area (Å²) >= 11 is 0. The minimum absolute atomic E-state index is 0.0309. The molecule has 0 aromatic carbocycles. The topological polar surface area (TPSA) is 71.2 Å². The van der Waals surface area contributed by atoms with Gasteiger partial charge in [0.15, 0.2) is 5.69 Å². The summed E-state index contributed by atoms with van der Waals surface area (Å²) in [6.07, 6.45) is 5.46. The maximum Gasteiger partial charge on any atom is 0.358 e. The summed E-state index contributed by atoms with van der Waals surface area (Å²) in [5.74, 6) is 0.614. The van der Waals surface area contributed by atoms with E-state index < -0.39 is 5.97 Å². The number of aromatic nitrogens is 3. The second kappa shape index (κ2) is 5.16. The normalized spacial score (nSPS) is 32.0. The number of carboxylic acids is 1. The van der Waals surface area contributed by atoms with Crippen LogP contribution in [0.3, 0.4) is 0 Å². The van der Waals surface area contributed by atoms with Gasteiger partial charge in [-0.15, -0.1) is 5.10 Å². The third-order valence-electron chi connectivity index (χ3n) is 4.66. The van der Waals surface area contributed by atoms with E-state index in [1.54, 1.807) is 4.68 Å². The fourth-order valence-corrected chi connectivity index (χ4v) is 3.71. The molecule has 2 fully saturated rings. The molecule has 1 aliphatic heterocycles. The molecular weight excluding hydrogens is 256 g/mol. The lowest BCUT2D eigenvalue weighted by atomic mass is 9.79. The molecule has 1 aromatic heterocycles. The van der Waals surface area contributed by atoms with Gasteiger partial charge in [0.05, 0.1) is 12.2 Å². The number of rotatable bonds is 3. The van der Waals surface area contributed by atoms with Crippen molar-refractivity contribution in [1.29, 1.82) is 0 Å². The summed E-state index contributed by atoms with van der Waals surface area (Å²) in [5.41, 5.74) is 0.0309. The van der Waals surface area contributed by atoms with Crippen LogP contribution in [0, 0.1) is 11.8 Å². The molecule has 6 heteroatoms. The highest BCUT2D eigenvalue weighted by atomic mass is 16.4. The number of hydrogen-bond donors (Lipinski definition) is 1. The zero-order chi connectivity index (χ0) is 14.3. The first-order valence-corrected chi connectivity index (χ1v) is 7.42. The van der Waals surface area contributed by atoms with E-state index in [0.717, 1.165) is 24.9 Å². The van der Waals surface area contributed by atoms with Crippen LogP contribution in [0.25, 0.3) is 0 Å². The summed E-state index contributed by atoms with van der Waals surface area (Å²) in [6, 6.07) is 0.968. The molecule has 2 atom stereocenters. The number of likely N-dealkylation sites (tertiary alicyclic amines) is 1. The summed E-state index contributed by atoms with van der Waals surface area (Å²) in [4.78, 5) is 13.3. The number of aromatic carboxylic acids is 1. The molecule has 1 aromatic rings.